The zero-order valence-corrected chi connectivity index (χ0v) is 15.9. The molecule has 136 valence electrons. The second-order valence-corrected chi connectivity index (χ2v) is 7.42. The van der Waals surface area contributed by atoms with Crippen LogP contribution < -0.4 is 10.2 Å². The molecule has 0 radical (unpaired) electrons. The Morgan fingerprint density at radius 1 is 1.12 bits per heavy atom. The van der Waals surface area contributed by atoms with Gasteiger partial charge in [-0.05, 0) is 43.0 Å². The van der Waals surface area contributed by atoms with Crippen molar-refractivity contribution in [2.45, 2.75) is 40.0 Å². The van der Waals surface area contributed by atoms with Gasteiger partial charge in [0.25, 0.3) is 0 Å². The predicted octanol–water partition coefficient (Wildman–Crippen LogP) is 4.42. The highest BCUT2D eigenvalue weighted by Crippen LogP contribution is 2.30. The van der Waals surface area contributed by atoms with Gasteiger partial charge in [0.1, 0.15) is 0 Å². The van der Waals surface area contributed by atoms with Gasteiger partial charge in [0.05, 0.1) is 5.92 Å². The lowest BCUT2D eigenvalue weighted by Crippen LogP contribution is -2.28. The second kappa shape index (κ2) is 7.32. The molecule has 0 spiro atoms. The van der Waals surface area contributed by atoms with Crippen molar-refractivity contribution in [1.29, 1.82) is 0 Å². The molecule has 2 aromatic carbocycles. The van der Waals surface area contributed by atoms with E-state index in [2.05, 4.69) is 19.2 Å². The van der Waals surface area contributed by atoms with E-state index in [9.17, 15) is 9.59 Å². The van der Waals surface area contributed by atoms with Gasteiger partial charge >= 0.3 is 0 Å². The number of nitrogens with zero attached hydrogens (tertiary/aromatic N) is 1. The standard InChI is InChI=1S/C22H26N2O2/c1-14(2)19-7-5-6-16(4)21(19)23-22(26)17-12-20(25)24(13-17)18-10-8-15(3)9-11-18/h5-11,14,17H,12-13H2,1-4H3,(H,23,26)/t17-/m0/s1. The lowest BCUT2D eigenvalue weighted by Gasteiger charge is -2.19. The molecular weight excluding hydrogens is 324 g/mol. The van der Waals surface area contributed by atoms with Crippen LogP contribution in [0.1, 0.15) is 42.9 Å². The SMILES string of the molecule is Cc1ccc(N2C[C@@H](C(=O)Nc3c(C)cccc3C(C)C)CC2=O)cc1. The van der Waals surface area contributed by atoms with E-state index in [-0.39, 0.29) is 24.2 Å². The summed E-state index contributed by atoms with van der Waals surface area (Å²) in [5, 5.41) is 3.09. The zero-order chi connectivity index (χ0) is 18.8. The number of hydrogen-bond donors (Lipinski definition) is 1. The van der Waals surface area contributed by atoms with E-state index in [0.29, 0.717) is 12.5 Å². The van der Waals surface area contributed by atoms with Crippen molar-refractivity contribution in [1.82, 2.24) is 0 Å². The quantitative estimate of drug-likeness (QED) is 0.887. The molecule has 0 saturated carbocycles. The first-order valence-corrected chi connectivity index (χ1v) is 9.14. The van der Waals surface area contributed by atoms with Gasteiger partial charge in [-0.15, -0.1) is 0 Å². The van der Waals surface area contributed by atoms with Crippen molar-refractivity contribution < 1.29 is 9.59 Å². The van der Waals surface area contributed by atoms with E-state index in [1.165, 1.54) is 0 Å². The molecule has 1 fully saturated rings. The summed E-state index contributed by atoms with van der Waals surface area (Å²) < 4.78 is 0. The molecule has 4 heteroatoms. The molecular formula is C22H26N2O2. The highest BCUT2D eigenvalue weighted by atomic mass is 16.2. The van der Waals surface area contributed by atoms with Crippen LogP contribution in [0.25, 0.3) is 0 Å². The van der Waals surface area contributed by atoms with E-state index in [0.717, 1.165) is 28.1 Å². The summed E-state index contributed by atoms with van der Waals surface area (Å²) in [4.78, 5) is 27.0. The lowest BCUT2D eigenvalue weighted by atomic mass is 9.97. The van der Waals surface area contributed by atoms with E-state index in [1.54, 1.807) is 4.90 Å². The first-order valence-electron chi connectivity index (χ1n) is 9.14. The Hall–Kier alpha value is -2.62. The maximum atomic E-state index is 12.8. The van der Waals surface area contributed by atoms with Crippen LogP contribution in [0.3, 0.4) is 0 Å². The molecule has 0 aromatic heterocycles. The number of carbonyl (C=O) groups excluding carboxylic acids is 2. The molecule has 1 saturated heterocycles. The highest BCUT2D eigenvalue weighted by molar-refractivity contribution is 6.04. The van der Waals surface area contributed by atoms with Crippen molar-refractivity contribution in [3.8, 4) is 0 Å². The molecule has 26 heavy (non-hydrogen) atoms. The summed E-state index contributed by atoms with van der Waals surface area (Å²) in [6, 6.07) is 13.9. The Morgan fingerprint density at radius 3 is 2.46 bits per heavy atom. The van der Waals surface area contributed by atoms with Gasteiger partial charge in [0.2, 0.25) is 11.8 Å². The lowest BCUT2D eigenvalue weighted by molar-refractivity contribution is -0.122. The van der Waals surface area contributed by atoms with Gasteiger partial charge in [-0.3, -0.25) is 9.59 Å². The Labute approximate surface area is 155 Å². The van der Waals surface area contributed by atoms with E-state index in [4.69, 9.17) is 0 Å². The Kier molecular flexibility index (Phi) is 5.12. The third-order valence-corrected chi connectivity index (χ3v) is 5.02. The maximum absolute atomic E-state index is 12.8. The smallest absolute Gasteiger partial charge is 0.229 e. The van der Waals surface area contributed by atoms with Crippen LogP contribution >= 0.6 is 0 Å². The topological polar surface area (TPSA) is 49.4 Å². The number of carbonyl (C=O) groups is 2. The normalized spacial score (nSPS) is 17.0. The minimum Gasteiger partial charge on any atom is -0.325 e. The maximum Gasteiger partial charge on any atom is 0.229 e. The second-order valence-electron chi connectivity index (χ2n) is 7.42. The van der Waals surface area contributed by atoms with Gasteiger partial charge in [-0.1, -0.05) is 49.7 Å². The van der Waals surface area contributed by atoms with Crippen LogP contribution in [0.4, 0.5) is 11.4 Å². The Bertz CT molecular complexity index is 825. The third-order valence-electron chi connectivity index (χ3n) is 5.02. The van der Waals surface area contributed by atoms with Crippen LogP contribution in [-0.2, 0) is 9.59 Å². The predicted molar refractivity (Wildman–Crippen MR) is 106 cm³/mol. The minimum absolute atomic E-state index is 0.00266. The van der Waals surface area contributed by atoms with Crippen LogP contribution in [0, 0.1) is 19.8 Å². The number of aryl methyl sites for hydroxylation is 2. The van der Waals surface area contributed by atoms with Crippen molar-refractivity contribution in [3.05, 3.63) is 59.2 Å². The number of anilines is 2. The van der Waals surface area contributed by atoms with Crippen molar-refractivity contribution in [2.75, 3.05) is 16.8 Å². The summed E-state index contributed by atoms with van der Waals surface area (Å²) in [5.41, 5.74) is 5.06. The van der Waals surface area contributed by atoms with Gasteiger partial charge in [0.15, 0.2) is 0 Å². The fourth-order valence-corrected chi connectivity index (χ4v) is 3.43. The summed E-state index contributed by atoms with van der Waals surface area (Å²) >= 11 is 0. The molecule has 4 nitrogen and oxygen atoms in total. The van der Waals surface area contributed by atoms with Crippen molar-refractivity contribution >= 4 is 23.2 Å². The molecule has 3 rings (SSSR count). The average molecular weight is 350 g/mol. The molecule has 2 amide bonds. The van der Waals surface area contributed by atoms with Crippen LogP contribution in [-0.4, -0.2) is 18.4 Å². The van der Waals surface area contributed by atoms with Gasteiger partial charge < -0.3 is 10.2 Å². The molecule has 0 unspecified atom stereocenters. The summed E-state index contributed by atoms with van der Waals surface area (Å²) in [6.45, 7) is 8.67. The fourth-order valence-electron chi connectivity index (χ4n) is 3.43. The average Bonchev–Trinajstić information content (AvgIpc) is 2.99. The van der Waals surface area contributed by atoms with Crippen molar-refractivity contribution in [2.24, 2.45) is 5.92 Å². The molecule has 1 atom stereocenters. The van der Waals surface area contributed by atoms with Crippen LogP contribution in [0.5, 0.6) is 0 Å². The first-order chi connectivity index (χ1) is 12.4. The van der Waals surface area contributed by atoms with Gasteiger partial charge in [0, 0.05) is 24.3 Å². The minimum atomic E-state index is -0.330. The van der Waals surface area contributed by atoms with Gasteiger partial charge in [-0.25, -0.2) is 0 Å². The number of amides is 2. The Balaban J connectivity index is 1.76. The molecule has 1 heterocycles. The monoisotopic (exact) mass is 350 g/mol. The molecule has 1 N–H and O–H groups in total. The van der Waals surface area contributed by atoms with Crippen molar-refractivity contribution in [3.63, 3.8) is 0 Å². The highest BCUT2D eigenvalue weighted by Gasteiger charge is 2.35. The summed E-state index contributed by atoms with van der Waals surface area (Å²) in [7, 11) is 0. The largest absolute Gasteiger partial charge is 0.325 e. The molecule has 0 aliphatic carbocycles. The summed E-state index contributed by atoms with van der Waals surface area (Å²) in [6.07, 6.45) is 0.253. The molecule has 1 aliphatic heterocycles. The van der Waals surface area contributed by atoms with Gasteiger partial charge in [-0.2, -0.15) is 0 Å². The number of nitrogens with one attached hydrogen (secondary N) is 1. The van der Waals surface area contributed by atoms with E-state index >= 15 is 0 Å². The number of rotatable bonds is 4. The van der Waals surface area contributed by atoms with E-state index < -0.39 is 0 Å². The summed E-state index contributed by atoms with van der Waals surface area (Å²) in [5.74, 6) is -0.0880. The first kappa shape index (κ1) is 18.2. The number of benzene rings is 2. The van der Waals surface area contributed by atoms with Crippen LogP contribution in [0.15, 0.2) is 42.5 Å². The fraction of sp³-hybridized carbons (Fsp3) is 0.364. The third kappa shape index (κ3) is 3.64. The number of hydrogen-bond acceptors (Lipinski definition) is 2. The van der Waals surface area contributed by atoms with E-state index in [1.807, 2.05) is 56.3 Å². The van der Waals surface area contributed by atoms with Crippen LogP contribution in [0.2, 0.25) is 0 Å². The molecule has 2 aromatic rings. The Morgan fingerprint density at radius 2 is 1.81 bits per heavy atom. The zero-order valence-electron chi connectivity index (χ0n) is 15.9. The number of para-hydroxylation sites is 1. The molecule has 0 bridgehead atoms. The molecule has 1 aliphatic rings.